The minimum Gasteiger partial charge on any atom is -0.289 e. The number of hydrogen-bond acceptors (Lipinski definition) is 4. The highest BCUT2D eigenvalue weighted by atomic mass is 32.2. The van der Waals surface area contributed by atoms with Crippen molar-refractivity contribution in [3.63, 3.8) is 0 Å². The lowest BCUT2D eigenvalue weighted by molar-refractivity contribution is -0.123. The number of amidine groups is 1. The Morgan fingerprint density at radius 3 is 2.27 bits per heavy atom. The van der Waals surface area contributed by atoms with E-state index in [-0.39, 0.29) is 17.6 Å². The Hall–Kier alpha value is -0.910. The normalized spacial score (nSPS) is 18.9. The van der Waals surface area contributed by atoms with Gasteiger partial charge >= 0.3 is 0 Å². The maximum atomic E-state index is 10.9. The minimum absolute atomic E-state index is 0.0566. The molecule has 0 bridgehead atoms. The molecule has 0 aliphatic carbocycles. The van der Waals surface area contributed by atoms with Crippen LogP contribution in [0.2, 0.25) is 0 Å². The van der Waals surface area contributed by atoms with Gasteiger partial charge in [-0.2, -0.15) is 0 Å². The molecule has 0 aromatic heterocycles. The lowest BCUT2D eigenvalue weighted by Gasteiger charge is -2.08. The first-order valence-electron chi connectivity index (χ1n) is 2.94. The third-order valence-electron chi connectivity index (χ3n) is 1.34. The molecule has 6 heteroatoms. The third kappa shape index (κ3) is 1.40. The van der Waals surface area contributed by atoms with Crippen molar-refractivity contribution in [3.05, 3.63) is 0 Å². The topological polar surface area (TPSA) is 66.8 Å². The van der Waals surface area contributed by atoms with E-state index in [1.165, 1.54) is 7.05 Å². The molecule has 62 valence electrons. The molecule has 0 spiro atoms. The minimum atomic E-state index is -3.33. The van der Waals surface area contributed by atoms with Crippen LogP contribution in [0, 0.1) is 0 Å². The summed E-state index contributed by atoms with van der Waals surface area (Å²) in [5.74, 6) is -0.287. The summed E-state index contributed by atoms with van der Waals surface area (Å²) < 4.78 is 21.7. The number of hydrogen-bond donors (Lipinski definition) is 0. The number of aliphatic imine (C=N–C) groups is 1. The molecule has 1 heterocycles. The fourth-order valence-electron chi connectivity index (χ4n) is 0.820. The van der Waals surface area contributed by atoms with Gasteiger partial charge < -0.3 is 0 Å². The molecule has 1 aliphatic heterocycles. The van der Waals surface area contributed by atoms with Crippen molar-refractivity contribution in [2.75, 3.05) is 19.8 Å². The maximum Gasteiger partial charge on any atom is 0.250 e. The molecule has 11 heavy (non-hydrogen) atoms. The molecule has 1 aliphatic rings. The Kier molecular flexibility index (Phi) is 1.71. The van der Waals surface area contributed by atoms with Crippen molar-refractivity contribution >= 4 is 20.9 Å². The highest BCUT2D eigenvalue weighted by Crippen LogP contribution is 2.04. The summed E-state index contributed by atoms with van der Waals surface area (Å²) in [5, 5.41) is -0.137. The van der Waals surface area contributed by atoms with Crippen LogP contribution >= 0.6 is 0 Å². The van der Waals surface area contributed by atoms with Crippen LogP contribution in [0.3, 0.4) is 0 Å². The third-order valence-corrected chi connectivity index (χ3v) is 2.41. The van der Waals surface area contributed by atoms with Crippen LogP contribution in [-0.2, 0) is 14.6 Å². The van der Waals surface area contributed by atoms with E-state index in [1.54, 1.807) is 0 Å². The van der Waals surface area contributed by atoms with Gasteiger partial charge in [0.2, 0.25) is 20.9 Å². The second-order valence-corrected chi connectivity index (χ2v) is 4.23. The SMILES string of the molecule is CN1C(=O)CN=C1S(C)(=O)=O. The fourth-order valence-corrected chi connectivity index (χ4v) is 1.72. The smallest absolute Gasteiger partial charge is 0.250 e. The Morgan fingerprint density at radius 1 is 1.55 bits per heavy atom. The number of rotatable bonds is 0. The Labute approximate surface area is 64.6 Å². The highest BCUT2D eigenvalue weighted by Gasteiger charge is 2.28. The highest BCUT2D eigenvalue weighted by molar-refractivity contribution is 8.05. The molecule has 0 fully saturated rings. The van der Waals surface area contributed by atoms with E-state index in [2.05, 4.69) is 4.99 Å². The molecule has 0 N–H and O–H groups in total. The Bertz CT molecular complexity index is 317. The maximum absolute atomic E-state index is 10.9. The van der Waals surface area contributed by atoms with Crippen LogP contribution in [0.25, 0.3) is 0 Å². The van der Waals surface area contributed by atoms with Crippen LogP contribution in [0.1, 0.15) is 0 Å². The zero-order chi connectivity index (χ0) is 8.65. The van der Waals surface area contributed by atoms with Gasteiger partial charge in [-0.3, -0.25) is 9.69 Å². The number of carbonyl (C=O) groups excluding carboxylic acids is 1. The second kappa shape index (κ2) is 2.30. The van der Waals surface area contributed by atoms with Gasteiger partial charge in [0.05, 0.1) is 0 Å². The molecular weight excluding hydrogens is 168 g/mol. The summed E-state index contributed by atoms with van der Waals surface area (Å²) >= 11 is 0. The van der Waals surface area contributed by atoms with Crippen LogP contribution in [-0.4, -0.2) is 44.2 Å². The van der Waals surface area contributed by atoms with E-state index in [0.29, 0.717) is 0 Å². The number of nitrogens with zero attached hydrogens (tertiary/aromatic N) is 2. The Morgan fingerprint density at radius 2 is 2.09 bits per heavy atom. The molecule has 5 nitrogen and oxygen atoms in total. The van der Waals surface area contributed by atoms with Crippen molar-refractivity contribution in [2.45, 2.75) is 0 Å². The molecule has 0 saturated heterocycles. The summed E-state index contributed by atoms with van der Waals surface area (Å²) in [7, 11) is -1.93. The van der Waals surface area contributed by atoms with Crippen LogP contribution < -0.4 is 0 Å². The average Bonchev–Trinajstić information content (AvgIpc) is 2.11. The predicted molar refractivity (Wildman–Crippen MR) is 39.9 cm³/mol. The number of sulfone groups is 1. The lowest BCUT2D eigenvalue weighted by Crippen LogP contribution is -2.32. The van der Waals surface area contributed by atoms with E-state index < -0.39 is 9.84 Å². The van der Waals surface area contributed by atoms with Gasteiger partial charge in [0, 0.05) is 13.3 Å². The van der Waals surface area contributed by atoms with Gasteiger partial charge in [0.25, 0.3) is 0 Å². The van der Waals surface area contributed by atoms with Gasteiger partial charge in [-0.1, -0.05) is 0 Å². The Balaban J connectivity index is 3.03. The largest absolute Gasteiger partial charge is 0.289 e. The lowest BCUT2D eigenvalue weighted by atomic mass is 10.6. The molecule has 0 aromatic carbocycles. The zero-order valence-electron chi connectivity index (χ0n) is 6.23. The van der Waals surface area contributed by atoms with Gasteiger partial charge in [0.15, 0.2) is 0 Å². The number of likely N-dealkylation sites (N-methyl/N-ethyl adjacent to an activating group) is 1. The monoisotopic (exact) mass is 176 g/mol. The van der Waals surface area contributed by atoms with Crippen LogP contribution in [0.15, 0.2) is 4.99 Å². The second-order valence-electron chi connectivity index (χ2n) is 2.32. The average molecular weight is 176 g/mol. The summed E-state index contributed by atoms with van der Waals surface area (Å²) in [6.07, 6.45) is 1.03. The van der Waals surface area contributed by atoms with Crippen LogP contribution in [0.5, 0.6) is 0 Å². The summed E-state index contributed by atoms with van der Waals surface area (Å²) in [4.78, 5) is 15.4. The quantitative estimate of drug-likeness (QED) is 0.468. The number of amides is 1. The summed E-state index contributed by atoms with van der Waals surface area (Å²) in [6, 6.07) is 0. The molecule has 0 aromatic rings. The van der Waals surface area contributed by atoms with E-state index in [9.17, 15) is 13.2 Å². The molecular formula is C5H8N2O3S. The van der Waals surface area contributed by atoms with E-state index in [4.69, 9.17) is 0 Å². The predicted octanol–water partition coefficient (Wildman–Crippen LogP) is -1.14. The standard InChI is InChI=1S/C5H8N2O3S/c1-7-4(8)3-6-5(7)11(2,9)10/h3H2,1-2H3. The van der Waals surface area contributed by atoms with Crippen molar-refractivity contribution in [1.29, 1.82) is 0 Å². The first-order valence-corrected chi connectivity index (χ1v) is 4.83. The van der Waals surface area contributed by atoms with E-state index >= 15 is 0 Å². The zero-order valence-corrected chi connectivity index (χ0v) is 7.05. The molecule has 0 saturated carbocycles. The van der Waals surface area contributed by atoms with Crippen molar-refractivity contribution < 1.29 is 13.2 Å². The first kappa shape index (κ1) is 8.19. The molecule has 1 amide bonds. The molecule has 0 unspecified atom stereocenters. The summed E-state index contributed by atoms with van der Waals surface area (Å²) in [5.41, 5.74) is 0. The van der Waals surface area contributed by atoms with E-state index in [1.807, 2.05) is 0 Å². The van der Waals surface area contributed by atoms with Gasteiger partial charge in [-0.05, 0) is 0 Å². The first-order chi connectivity index (χ1) is 4.93. The molecule has 1 rings (SSSR count). The molecule has 0 atom stereocenters. The summed E-state index contributed by atoms with van der Waals surface area (Å²) in [6.45, 7) is -0.0566. The molecule has 0 radical (unpaired) electrons. The van der Waals surface area contributed by atoms with Gasteiger partial charge in [0.1, 0.15) is 6.54 Å². The van der Waals surface area contributed by atoms with Crippen LogP contribution in [0.4, 0.5) is 0 Å². The van der Waals surface area contributed by atoms with Crippen molar-refractivity contribution in [3.8, 4) is 0 Å². The van der Waals surface area contributed by atoms with Crippen molar-refractivity contribution in [1.82, 2.24) is 4.90 Å². The van der Waals surface area contributed by atoms with Crippen molar-refractivity contribution in [2.24, 2.45) is 4.99 Å². The fraction of sp³-hybridized carbons (Fsp3) is 0.600. The van der Waals surface area contributed by atoms with Gasteiger partial charge in [-0.25, -0.2) is 13.4 Å². The number of carbonyl (C=O) groups is 1. The van der Waals surface area contributed by atoms with E-state index in [0.717, 1.165) is 11.2 Å². The van der Waals surface area contributed by atoms with Gasteiger partial charge in [-0.15, -0.1) is 0 Å².